The lowest BCUT2D eigenvalue weighted by atomic mass is 9.83. The van der Waals surface area contributed by atoms with E-state index < -0.39 is 0 Å². The summed E-state index contributed by atoms with van der Waals surface area (Å²) in [5.74, 6) is 2.20. The fraction of sp³-hybridized carbons (Fsp3) is 0.571. The van der Waals surface area contributed by atoms with Crippen molar-refractivity contribution < 1.29 is 0 Å². The van der Waals surface area contributed by atoms with Crippen LogP contribution < -0.4 is 5.32 Å². The lowest BCUT2D eigenvalue weighted by molar-refractivity contribution is 0.300. The molecule has 1 aromatic heterocycles. The zero-order valence-corrected chi connectivity index (χ0v) is 11.4. The summed E-state index contributed by atoms with van der Waals surface area (Å²) in [6.45, 7) is 3.22. The molecule has 0 atom stereocenters. The minimum atomic E-state index is 0.434. The summed E-state index contributed by atoms with van der Waals surface area (Å²) in [4.78, 5) is 4.19. The van der Waals surface area contributed by atoms with Gasteiger partial charge in [-0.25, -0.2) is 4.98 Å². The predicted molar refractivity (Wildman–Crippen MR) is 73.6 cm³/mol. The standard InChI is InChI=1S/C14H18ClN3/c1-10-2-4-11(5-3-10)9-18-14-13(15)12(8-16)6-7-17-14/h6-7,10-11H,2-5,9H2,1H3,(H,17,18). The predicted octanol–water partition coefficient (Wildman–Crippen LogP) is 3.84. The Morgan fingerprint density at radius 1 is 1.44 bits per heavy atom. The molecule has 1 N–H and O–H groups in total. The van der Waals surface area contributed by atoms with Crippen molar-refractivity contribution in [3.8, 4) is 6.07 Å². The van der Waals surface area contributed by atoms with Crippen LogP contribution >= 0.6 is 11.6 Å². The average molecular weight is 264 g/mol. The van der Waals surface area contributed by atoms with Gasteiger partial charge in [0.15, 0.2) is 0 Å². The summed E-state index contributed by atoms with van der Waals surface area (Å²) < 4.78 is 0. The molecular formula is C14H18ClN3. The van der Waals surface area contributed by atoms with E-state index in [0.29, 0.717) is 22.3 Å². The Kier molecular flexibility index (Phi) is 4.43. The van der Waals surface area contributed by atoms with E-state index in [2.05, 4.69) is 23.3 Å². The molecule has 0 saturated heterocycles. The Hall–Kier alpha value is -1.27. The van der Waals surface area contributed by atoms with Gasteiger partial charge in [0.05, 0.1) is 5.56 Å². The molecule has 1 fully saturated rings. The molecule has 0 aromatic carbocycles. The van der Waals surface area contributed by atoms with Gasteiger partial charge in [0.1, 0.15) is 16.9 Å². The van der Waals surface area contributed by atoms with E-state index in [1.54, 1.807) is 12.3 Å². The molecule has 1 saturated carbocycles. The van der Waals surface area contributed by atoms with Crippen LogP contribution in [0, 0.1) is 23.2 Å². The van der Waals surface area contributed by atoms with Crippen molar-refractivity contribution in [3.05, 3.63) is 22.8 Å². The lowest BCUT2D eigenvalue weighted by Crippen LogP contribution is -2.20. The van der Waals surface area contributed by atoms with Crippen molar-refractivity contribution >= 4 is 17.4 Å². The third kappa shape index (κ3) is 3.14. The number of hydrogen-bond donors (Lipinski definition) is 1. The number of halogens is 1. The number of anilines is 1. The van der Waals surface area contributed by atoms with Crippen LogP contribution in [0.2, 0.25) is 5.02 Å². The van der Waals surface area contributed by atoms with E-state index in [0.717, 1.165) is 12.5 Å². The van der Waals surface area contributed by atoms with Gasteiger partial charge in [-0.05, 0) is 30.7 Å². The first-order valence-electron chi connectivity index (χ1n) is 6.49. The van der Waals surface area contributed by atoms with Crippen molar-refractivity contribution in [1.82, 2.24) is 4.98 Å². The minimum absolute atomic E-state index is 0.434. The highest BCUT2D eigenvalue weighted by Gasteiger charge is 2.18. The van der Waals surface area contributed by atoms with E-state index in [9.17, 15) is 0 Å². The summed E-state index contributed by atoms with van der Waals surface area (Å²) in [6.07, 6.45) is 6.78. The molecule has 0 radical (unpaired) electrons. The Morgan fingerprint density at radius 3 is 2.83 bits per heavy atom. The number of hydrogen-bond acceptors (Lipinski definition) is 3. The molecule has 1 aliphatic rings. The summed E-state index contributed by atoms with van der Waals surface area (Å²) in [7, 11) is 0. The van der Waals surface area contributed by atoms with Gasteiger partial charge in [-0.1, -0.05) is 31.4 Å². The molecule has 0 bridgehead atoms. The number of aromatic nitrogens is 1. The summed E-state index contributed by atoms with van der Waals surface area (Å²) >= 11 is 6.10. The van der Waals surface area contributed by atoms with Crippen molar-refractivity contribution in [3.63, 3.8) is 0 Å². The van der Waals surface area contributed by atoms with Gasteiger partial charge in [-0.15, -0.1) is 0 Å². The third-order valence-electron chi connectivity index (χ3n) is 3.70. The maximum Gasteiger partial charge on any atom is 0.146 e. The van der Waals surface area contributed by atoms with Crippen molar-refractivity contribution in [2.75, 3.05) is 11.9 Å². The zero-order valence-electron chi connectivity index (χ0n) is 10.6. The first-order chi connectivity index (χ1) is 8.70. The van der Waals surface area contributed by atoms with Gasteiger partial charge in [-0.2, -0.15) is 5.26 Å². The quantitative estimate of drug-likeness (QED) is 0.901. The molecule has 4 heteroatoms. The Balaban J connectivity index is 1.93. The van der Waals surface area contributed by atoms with Crippen LogP contribution in [0.25, 0.3) is 0 Å². The minimum Gasteiger partial charge on any atom is -0.369 e. The summed E-state index contributed by atoms with van der Waals surface area (Å²) in [5, 5.41) is 12.6. The summed E-state index contributed by atoms with van der Waals surface area (Å²) in [6, 6.07) is 3.70. The highest BCUT2D eigenvalue weighted by Crippen LogP contribution is 2.29. The van der Waals surface area contributed by atoms with E-state index in [-0.39, 0.29) is 0 Å². The second-order valence-corrected chi connectivity index (χ2v) is 5.52. The van der Waals surface area contributed by atoms with Crippen molar-refractivity contribution in [1.29, 1.82) is 5.26 Å². The first-order valence-corrected chi connectivity index (χ1v) is 6.87. The Morgan fingerprint density at radius 2 is 2.17 bits per heavy atom. The van der Waals surface area contributed by atoms with Crippen LogP contribution in [-0.2, 0) is 0 Å². The largest absolute Gasteiger partial charge is 0.369 e. The molecule has 0 amide bonds. The number of nitrogens with zero attached hydrogens (tertiary/aromatic N) is 2. The van der Waals surface area contributed by atoms with E-state index in [1.165, 1.54) is 25.7 Å². The maximum atomic E-state index is 8.90. The fourth-order valence-corrected chi connectivity index (χ4v) is 2.65. The Labute approximate surface area is 113 Å². The molecule has 96 valence electrons. The Bertz CT molecular complexity index is 445. The second-order valence-electron chi connectivity index (χ2n) is 5.14. The van der Waals surface area contributed by atoms with Crippen LogP contribution in [0.5, 0.6) is 0 Å². The smallest absolute Gasteiger partial charge is 0.146 e. The van der Waals surface area contributed by atoms with Gasteiger partial charge < -0.3 is 5.32 Å². The molecule has 2 rings (SSSR count). The van der Waals surface area contributed by atoms with E-state index in [4.69, 9.17) is 16.9 Å². The number of rotatable bonds is 3. The molecule has 0 spiro atoms. The van der Waals surface area contributed by atoms with Crippen LogP contribution in [0.3, 0.4) is 0 Å². The van der Waals surface area contributed by atoms with Crippen molar-refractivity contribution in [2.24, 2.45) is 11.8 Å². The molecule has 1 aliphatic carbocycles. The highest BCUT2D eigenvalue weighted by atomic mass is 35.5. The van der Waals surface area contributed by atoms with Crippen LogP contribution in [0.1, 0.15) is 38.2 Å². The molecule has 18 heavy (non-hydrogen) atoms. The van der Waals surface area contributed by atoms with E-state index in [1.807, 2.05) is 0 Å². The zero-order chi connectivity index (χ0) is 13.0. The topological polar surface area (TPSA) is 48.7 Å². The SMILES string of the molecule is CC1CCC(CNc2nccc(C#N)c2Cl)CC1. The molecular weight excluding hydrogens is 246 g/mol. The molecule has 0 aliphatic heterocycles. The van der Waals surface area contributed by atoms with Gasteiger partial charge in [0.25, 0.3) is 0 Å². The number of nitrogens with one attached hydrogen (secondary N) is 1. The lowest BCUT2D eigenvalue weighted by Gasteiger charge is -2.26. The number of nitriles is 1. The normalized spacial score (nSPS) is 23.4. The van der Waals surface area contributed by atoms with Gasteiger partial charge in [0.2, 0.25) is 0 Å². The number of pyridine rings is 1. The fourth-order valence-electron chi connectivity index (χ4n) is 2.43. The van der Waals surface area contributed by atoms with Crippen LogP contribution in [0.15, 0.2) is 12.3 Å². The second kappa shape index (κ2) is 6.06. The van der Waals surface area contributed by atoms with Crippen molar-refractivity contribution in [2.45, 2.75) is 32.6 Å². The van der Waals surface area contributed by atoms with Crippen LogP contribution in [-0.4, -0.2) is 11.5 Å². The summed E-state index contributed by atoms with van der Waals surface area (Å²) in [5.41, 5.74) is 0.478. The molecule has 3 nitrogen and oxygen atoms in total. The third-order valence-corrected chi connectivity index (χ3v) is 4.09. The van der Waals surface area contributed by atoms with Gasteiger partial charge in [-0.3, -0.25) is 0 Å². The molecule has 1 heterocycles. The molecule has 0 unspecified atom stereocenters. The van der Waals surface area contributed by atoms with Gasteiger partial charge >= 0.3 is 0 Å². The molecule has 1 aromatic rings. The maximum absolute atomic E-state index is 8.90. The van der Waals surface area contributed by atoms with Gasteiger partial charge in [0, 0.05) is 12.7 Å². The van der Waals surface area contributed by atoms with E-state index >= 15 is 0 Å². The monoisotopic (exact) mass is 263 g/mol. The van der Waals surface area contributed by atoms with Crippen LogP contribution in [0.4, 0.5) is 5.82 Å². The first kappa shape index (κ1) is 13.2. The average Bonchev–Trinajstić information content (AvgIpc) is 2.39. The highest BCUT2D eigenvalue weighted by molar-refractivity contribution is 6.34.